The van der Waals surface area contributed by atoms with Crippen LogP contribution < -0.4 is 0 Å². The van der Waals surface area contributed by atoms with Gasteiger partial charge in [-0.05, 0) is 20.3 Å². The maximum absolute atomic E-state index is 11.9. The molecule has 0 atom stereocenters. The maximum Gasteiger partial charge on any atom is 0.226 e. The molecule has 21 heavy (non-hydrogen) atoms. The van der Waals surface area contributed by atoms with Gasteiger partial charge in [0.2, 0.25) is 11.8 Å². The molecule has 1 heterocycles. The van der Waals surface area contributed by atoms with Crippen LogP contribution in [0.1, 0.15) is 59.2 Å². The number of amides is 1. The molecule has 0 aromatic carbocycles. The molecule has 0 fully saturated rings. The van der Waals surface area contributed by atoms with Crippen LogP contribution in [0.3, 0.4) is 0 Å². The molecule has 0 bridgehead atoms. The number of nitrogens with zero attached hydrogens (tertiary/aromatic N) is 3. The van der Waals surface area contributed by atoms with E-state index in [1.165, 1.54) is 0 Å². The van der Waals surface area contributed by atoms with Gasteiger partial charge >= 0.3 is 0 Å². The van der Waals surface area contributed by atoms with Crippen molar-refractivity contribution in [3.05, 3.63) is 11.7 Å². The Morgan fingerprint density at radius 3 is 2.38 bits per heavy atom. The Morgan fingerprint density at radius 1 is 1.29 bits per heavy atom. The maximum atomic E-state index is 11.9. The van der Waals surface area contributed by atoms with Gasteiger partial charge < -0.3 is 14.5 Å². The summed E-state index contributed by atoms with van der Waals surface area (Å²) in [5.41, 5.74) is -1.01. The number of rotatable bonds is 6. The summed E-state index contributed by atoms with van der Waals surface area (Å²) in [6.07, 6.45) is 1.64. The van der Waals surface area contributed by atoms with Crippen LogP contribution in [0.2, 0.25) is 0 Å². The molecule has 0 saturated carbocycles. The summed E-state index contributed by atoms with van der Waals surface area (Å²) in [6.45, 7) is 9.76. The first kappa shape index (κ1) is 17.6. The summed E-state index contributed by atoms with van der Waals surface area (Å²) in [6, 6.07) is 0. The lowest BCUT2D eigenvalue weighted by molar-refractivity contribution is -0.132. The molecule has 1 amide bonds. The topological polar surface area (TPSA) is 79.5 Å². The third-order valence-electron chi connectivity index (χ3n) is 2.97. The first-order chi connectivity index (χ1) is 9.49. The highest BCUT2D eigenvalue weighted by Gasteiger charge is 2.21. The average Bonchev–Trinajstić information content (AvgIpc) is 2.74. The van der Waals surface area contributed by atoms with Crippen LogP contribution in [0, 0.1) is 0 Å². The Hall–Kier alpha value is -1.43. The van der Waals surface area contributed by atoms with Crippen molar-refractivity contribution in [1.82, 2.24) is 15.0 Å². The van der Waals surface area contributed by atoms with Gasteiger partial charge in [-0.3, -0.25) is 4.79 Å². The van der Waals surface area contributed by atoms with Crippen molar-refractivity contribution in [2.24, 2.45) is 0 Å². The third kappa shape index (κ3) is 6.25. The largest absolute Gasteiger partial charge is 0.389 e. The molecule has 0 spiro atoms. The van der Waals surface area contributed by atoms with E-state index in [2.05, 4.69) is 10.1 Å². The minimum atomic E-state index is -0.876. The molecule has 1 aromatic heterocycles. The highest BCUT2D eigenvalue weighted by Crippen LogP contribution is 2.19. The van der Waals surface area contributed by atoms with E-state index in [0.29, 0.717) is 37.5 Å². The monoisotopic (exact) mass is 297 g/mol. The first-order valence-corrected chi connectivity index (χ1v) is 7.28. The van der Waals surface area contributed by atoms with E-state index in [4.69, 9.17) is 4.52 Å². The second-order valence-electron chi connectivity index (χ2n) is 7.18. The fourth-order valence-electron chi connectivity index (χ4n) is 1.91. The van der Waals surface area contributed by atoms with Crippen LogP contribution in [-0.2, 0) is 16.6 Å². The molecule has 0 aliphatic rings. The van der Waals surface area contributed by atoms with Crippen LogP contribution in [0.15, 0.2) is 4.52 Å². The zero-order valence-corrected chi connectivity index (χ0v) is 13.9. The predicted octanol–water partition coefficient (Wildman–Crippen LogP) is 1.92. The fraction of sp³-hybridized carbons (Fsp3) is 0.800. The SMILES string of the molecule is CN(CC(C)(C)O)C(=O)CCCc1nc(C(C)(C)C)no1. The number of likely N-dealkylation sites (N-methyl/N-ethyl adjacent to an activating group) is 1. The van der Waals surface area contributed by atoms with Gasteiger partial charge in [-0.2, -0.15) is 4.98 Å². The molecule has 6 nitrogen and oxygen atoms in total. The van der Waals surface area contributed by atoms with E-state index >= 15 is 0 Å². The van der Waals surface area contributed by atoms with Crippen molar-refractivity contribution in [2.45, 2.75) is 64.9 Å². The number of carbonyl (C=O) groups excluding carboxylic acids is 1. The van der Waals surface area contributed by atoms with Gasteiger partial charge in [0.15, 0.2) is 5.82 Å². The van der Waals surface area contributed by atoms with Crippen molar-refractivity contribution in [3.8, 4) is 0 Å². The molecule has 1 N–H and O–H groups in total. The first-order valence-electron chi connectivity index (χ1n) is 7.28. The van der Waals surface area contributed by atoms with Crippen molar-refractivity contribution < 1.29 is 14.4 Å². The van der Waals surface area contributed by atoms with Crippen LogP contribution >= 0.6 is 0 Å². The summed E-state index contributed by atoms with van der Waals surface area (Å²) in [4.78, 5) is 17.8. The molecule has 0 aliphatic heterocycles. The van der Waals surface area contributed by atoms with Crippen LogP contribution in [-0.4, -0.2) is 45.2 Å². The lowest BCUT2D eigenvalue weighted by atomic mass is 9.96. The quantitative estimate of drug-likeness (QED) is 0.867. The highest BCUT2D eigenvalue weighted by molar-refractivity contribution is 5.75. The van der Waals surface area contributed by atoms with E-state index in [-0.39, 0.29) is 11.3 Å². The number of aryl methyl sites for hydroxylation is 1. The summed E-state index contributed by atoms with van der Waals surface area (Å²) in [5.74, 6) is 1.26. The Balaban J connectivity index is 2.40. The van der Waals surface area contributed by atoms with Gasteiger partial charge in [0, 0.05) is 31.8 Å². The van der Waals surface area contributed by atoms with Crippen molar-refractivity contribution in [1.29, 1.82) is 0 Å². The lowest BCUT2D eigenvalue weighted by Crippen LogP contribution is -2.39. The molecule has 0 unspecified atom stereocenters. The average molecular weight is 297 g/mol. The highest BCUT2D eigenvalue weighted by atomic mass is 16.5. The van der Waals surface area contributed by atoms with E-state index in [1.807, 2.05) is 20.8 Å². The normalized spacial score (nSPS) is 12.5. The van der Waals surface area contributed by atoms with Gasteiger partial charge in [-0.15, -0.1) is 0 Å². The fourth-order valence-corrected chi connectivity index (χ4v) is 1.91. The second-order valence-corrected chi connectivity index (χ2v) is 7.18. The minimum absolute atomic E-state index is 0.00712. The van der Waals surface area contributed by atoms with Crippen LogP contribution in [0.4, 0.5) is 0 Å². The standard InChI is InChI=1S/C15H27N3O3/c1-14(2,3)13-16-11(21-17-13)8-7-9-12(19)18(6)10-15(4,5)20/h20H,7-10H2,1-6H3. The number of carbonyl (C=O) groups is 1. The molecule has 1 aromatic rings. The molecular formula is C15H27N3O3. The van der Waals surface area contributed by atoms with Crippen LogP contribution in [0.25, 0.3) is 0 Å². The zero-order chi connectivity index (χ0) is 16.3. The molecule has 0 radical (unpaired) electrons. The second kappa shape index (κ2) is 6.56. The number of hydrogen-bond acceptors (Lipinski definition) is 5. The number of aliphatic hydroxyl groups is 1. The molecule has 0 aliphatic carbocycles. The van der Waals surface area contributed by atoms with Gasteiger partial charge in [0.05, 0.1) is 5.60 Å². The Kier molecular flexibility index (Phi) is 5.50. The molecule has 120 valence electrons. The lowest BCUT2D eigenvalue weighted by Gasteiger charge is -2.25. The van der Waals surface area contributed by atoms with Crippen LogP contribution in [0.5, 0.6) is 0 Å². The molecule has 6 heteroatoms. The number of aromatic nitrogens is 2. The van der Waals surface area contributed by atoms with Gasteiger partial charge in [-0.1, -0.05) is 25.9 Å². The van der Waals surface area contributed by atoms with E-state index in [9.17, 15) is 9.90 Å². The van der Waals surface area contributed by atoms with Gasteiger partial charge in [0.1, 0.15) is 0 Å². The zero-order valence-electron chi connectivity index (χ0n) is 13.9. The molecule has 1 rings (SSSR count). The summed E-state index contributed by atoms with van der Waals surface area (Å²) >= 11 is 0. The summed E-state index contributed by atoms with van der Waals surface area (Å²) < 4.78 is 5.19. The number of hydrogen-bond donors (Lipinski definition) is 1. The van der Waals surface area contributed by atoms with E-state index in [1.54, 1.807) is 25.8 Å². The third-order valence-corrected chi connectivity index (χ3v) is 2.97. The summed E-state index contributed by atoms with van der Waals surface area (Å²) in [5, 5.41) is 13.6. The Labute approximate surface area is 126 Å². The minimum Gasteiger partial charge on any atom is -0.389 e. The summed E-state index contributed by atoms with van der Waals surface area (Å²) in [7, 11) is 1.70. The Morgan fingerprint density at radius 2 is 1.90 bits per heavy atom. The van der Waals surface area contributed by atoms with Crippen molar-refractivity contribution in [2.75, 3.05) is 13.6 Å². The Bertz CT molecular complexity index is 469. The van der Waals surface area contributed by atoms with Crippen molar-refractivity contribution in [3.63, 3.8) is 0 Å². The van der Waals surface area contributed by atoms with Gasteiger partial charge in [0.25, 0.3) is 0 Å². The predicted molar refractivity (Wildman–Crippen MR) is 79.9 cm³/mol. The van der Waals surface area contributed by atoms with Gasteiger partial charge in [-0.25, -0.2) is 0 Å². The molecular weight excluding hydrogens is 270 g/mol. The smallest absolute Gasteiger partial charge is 0.226 e. The van der Waals surface area contributed by atoms with E-state index < -0.39 is 5.60 Å². The van der Waals surface area contributed by atoms with Crippen molar-refractivity contribution >= 4 is 5.91 Å². The molecule has 0 saturated heterocycles. The van der Waals surface area contributed by atoms with E-state index in [0.717, 1.165) is 0 Å².